The first-order chi connectivity index (χ1) is 0. The van der Waals surface area contributed by atoms with Gasteiger partial charge in [-0.2, -0.15) is 0 Å². The van der Waals surface area contributed by atoms with Gasteiger partial charge in [0.05, 0.1) is 0 Å². The summed E-state index contributed by atoms with van der Waals surface area (Å²) in [6.45, 7) is 0. The first-order valence-corrected chi connectivity index (χ1v) is 0. The molecule has 6 heteroatoms. The molecule has 0 atom stereocenters. The van der Waals surface area contributed by atoms with Gasteiger partial charge in [-0.05, 0) is 0 Å². The average Bonchev–Trinajstić information content (AvgIpc) is 0. The monoisotopic (exact) mass is 166 g/mol. The van der Waals surface area contributed by atoms with E-state index in [-0.39, 0.29) is 59.0 Å². The van der Waals surface area contributed by atoms with Crippen LogP contribution in [0.15, 0.2) is 0 Å². The predicted molar refractivity (Wildman–Crippen MR) is 2.75 cm³/mol. The van der Waals surface area contributed by atoms with Crippen molar-refractivity contribution in [1.29, 1.82) is 0 Å². The molecule has 0 saturated carbocycles. The Morgan fingerprint density at radius 2 is 0.333 bits per heavy atom. The van der Waals surface area contributed by atoms with Crippen LogP contribution >= 0.6 is 0 Å². The fourth-order valence-corrected chi connectivity index (χ4v) is 0. The van der Waals surface area contributed by atoms with Crippen molar-refractivity contribution >= 4 is 0 Å². The van der Waals surface area contributed by atoms with Gasteiger partial charge in [0, 0.05) is 0 Å². The minimum absolute atomic E-state index is 0. The maximum absolute atomic E-state index is 0. The summed E-state index contributed by atoms with van der Waals surface area (Å²) in [5.74, 6) is 0. The average molecular weight is 166 g/mol. The molecule has 0 unspecified atom stereocenters. The summed E-state index contributed by atoms with van der Waals surface area (Å²) in [6.07, 6.45) is 0. The maximum atomic E-state index is 0. The third-order valence-corrected chi connectivity index (χ3v) is 0. The Kier molecular flexibility index (Phi) is 6140. The van der Waals surface area contributed by atoms with Gasteiger partial charge < -0.3 is 21.9 Å². The minimum atomic E-state index is 0. The van der Waals surface area contributed by atoms with Crippen molar-refractivity contribution in [2.45, 2.75) is 0 Å². The van der Waals surface area contributed by atoms with Gasteiger partial charge in [0.25, 0.3) is 0 Å². The van der Waals surface area contributed by atoms with Gasteiger partial charge in [0.15, 0.2) is 0 Å². The molecule has 0 aliphatic rings. The van der Waals surface area contributed by atoms with Crippen LogP contribution in [0, 0.1) is 0 Å². The molecule has 0 aromatic heterocycles. The normalized spacial score (nSPS) is 0. The number of hydrogen-bond donors (Lipinski definition) is 0. The fraction of sp³-hybridized carbons (Fsp3) is 0. The summed E-state index contributed by atoms with van der Waals surface area (Å²) in [4.78, 5) is 0. The van der Waals surface area contributed by atoms with E-state index < -0.39 is 0 Å². The molecule has 6 heavy (non-hydrogen) atoms. The van der Waals surface area contributed by atoms with Crippen LogP contribution < -0.4 is 0 Å². The van der Waals surface area contributed by atoms with Crippen molar-refractivity contribution in [3.05, 3.63) is 0 Å². The van der Waals surface area contributed by atoms with Crippen LogP contribution in [0.5, 0.6) is 0 Å². The van der Waals surface area contributed by atoms with Crippen LogP contribution in [0.3, 0.4) is 0 Å². The second kappa shape index (κ2) is 148. The van der Waals surface area contributed by atoms with Crippen LogP contribution in [-0.2, 0) is 59.0 Å². The van der Waals surface area contributed by atoms with Gasteiger partial charge in [-0.3, -0.25) is 0 Å². The van der Waals surface area contributed by atoms with E-state index in [2.05, 4.69) is 0 Å². The van der Waals surface area contributed by atoms with E-state index in [1.807, 2.05) is 0 Å². The summed E-state index contributed by atoms with van der Waals surface area (Å²) < 4.78 is 0. The van der Waals surface area contributed by atoms with Crippen LogP contribution in [0.25, 0.3) is 0 Å². The second-order valence-corrected chi connectivity index (χ2v) is 0. The largest absolute Gasteiger partial charge is 5.00 e. The molecule has 32 valence electrons. The predicted octanol–water partition coefficient (Wildman–Crippen LogP) is -0.480. The van der Waals surface area contributed by atoms with E-state index >= 15 is 0 Å². The smallest absolute Gasteiger partial charge is 2.00 e. The summed E-state index contributed by atoms with van der Waals surface area (Å²) in [6, 6.07) is 0. The zero-order valence-corrected chi connectivity index (χ0v) is 5.32. The Labute approximate surface area is 59.3 Å². The molecule has 0 aliphatic heterocycles. The molecule has 0 bridgehead atoms. The SMILES string of the molecule is [O-2].[O-2].[O-2].[O-2].[V+5].[V+5]. The standard InChI is InChI=1S/4O.2V/q4*-2;2*+5. The molecule has 0 amide bonds. The van der Waals surface area contributed by atoms with Gasteiger partial charge in [0.2, 0.25) is 0 Å². The van der Waals surface area contributed by atoms with E-state index in [1.165, 1.54) is 0 Å². The zero-order chi connectivity index (χ0) is 0. The molecule has 0 fully saturated rings. The van der Waals surface area contributed by atoms with Gasteiger partial charge in [-0.15, -0.1) is 0 Å². The molecule has 0 N–H and O–H groups in total. The Morgan fingerprint density at radius 3 is 0.333 bits per heavy atom. The van der Waals surface area contributed by atoms with Gasteiger partial charge in [-0.1, -0.05) is 0 Å². The maximum Gasteiger partial charge on any atom is 5.00 e. The fourth-order valence-electron chi connectivity index (χ4n) is 0. The zero-order valence-electron chi connectivity index (χ0n) is 2.53. The molecule has 0 saturated heterocycles. The topological polar surface area (TPSA) is 114 Å². The summed E-state index contributed by atoms with van der Waals surface area (Å²) in [7, 11) is 0. The van der Waals surface area contributed by atoms with E-state index in [9.17, 15) is 0 Å². The van der Waals surface area contributed by atoms with Crippen molar-refractivity contribution in [1.82, 2.24) is 0 Å². The molecule has 0 radical (unpaired) electrons. The van der Waals surface area contributed by atoms with E-state index in [0.29, 0.717) is 0 Å². The molecule has 0 rings (SSSR count). The first kappa shape index (κ1) is 249. The third-order valence-electron chi connectivity index (χ3n) is 0. The van der Waals surface area contributed by atoms with Crippen molar-refractivity contribution < 1.29 is 59.0 Å². The summed E-state index contributed by atoms with van der Waals surface area (Å²) in [5, 5.41) is 0. The molecule has 0 aromatic rings. The number of hydrogen-bond acceptors (Lipinski definition) is 0. The molecule has 0 aliphatic carbocycles. The third kappa shape index (κ3) is 79.1. The van der Waals surface area contributed by atoms with Gasteiger partial charge in [-0.25, -0.2) is 0 Å². The number of rotatable bonds is 0. The Hall–Kier alpha value is 1.01. The van der Waals surface area contributed by atoms with Crippen LogP contribution in [0.1, 0.15) is 0 Å². The van der Waals surface area contributed by atoms with Crippen LogP contribution in [0.4, 0.5) is 0 Å². The van der Waals surface area contributed by atoms with Crippen molar-refractivity contribution in [3.8, 4) is 0 Å². The van der Waals surface area contributed by atoms with E-state index in [0.717, 1.165) is 0 Å². The molecular formula is O4V2+2. The summed E-state index contributed by atoms with van der Waals surface area (Å²) in [5.41, 5.74) is 0. The Bertz CT molecular complexity index is 5.51. The summed E-state index contributed by atoms with van der Waals surface area (Å²) >= 11 is 0. The molecule has 0 spiro atoms. The van der Waals surface area contributed by atoms with Crippen molar-refractivity contribution in [3.63, 3.8) is 0 Å². The first-order valence-electron chi connectivity index (χ1n) is 0. The molecule has 0 heterocycles. The van der Waals surface area contributed by atoms with Crippen molar-refractivity contribution in [2.75, 3.05) is 0 Å². The van der Waals surface area contributed by atoms with Gasteiger partial charge in [0.1, 0.15) is 0 Å². The van der Waals surface area contributed by atoms with Gasteiger partial charge >= 0.3 is 37.1 Å². The van der Waals surface area contributed by atoms with Crippen LogP contribution in [-0.4, -0.2) is 0 Å². The van der Waals surface area contributed by atoms with Crippen LogP contribution in [0.2, 0.25) is 0 Å². The second-order valence-electron chi connectivity index (χ2n) is 0. The molecular weight excluding hydrogens is 166 g/mol. The van der Waals surface area contributed by atoms with E-state index in [1.54, 1.807) is 0 Å². The Balaban J connectivity index is 0. The molecule has 0 aromatic carbocycles. The van der Waals surface area contributed by atoms with E-state index in [4.69, 9.17) is 0 Å². The quantitative estimate of drug-likeness (QED) is 0.462. The Morgan fingerprint density at radius 1 is 0.333 bits per heavy atom. The molecule has 4 nitrogen and oxygen atoms in total. The minimum Gasteiger partial charge on any atom is -2.00 e. The van der Waals surface area contributed by atoms with Crippen molar-refractivity contribution in [2.24, 2.45) is 0 Å².